The highest BCUT2D eigenvalue weighted by molar-refractivity contribution is 9.11. The number of benzene rings is 1. The third-order valence-electron chi connectivity index (χ3n) is 2.70. The molecule has 2 aromatic rings. The van der Waals surface area contributed by atoms with E-state index in [9.17, 15) is 8.42 Å². The number of para-hydroxylation sites is 2. The number of ether oxygens (including phenoxy) is 1. The standard InChI is InChI=1S/C13H15BrN2O3S2/c1-15-8-9-7-12(13(14)20-9)21(17,18)16-10-5-3-4-6-11(10)19-2/h3-7,15-16H,8H2,1-2H3. The third-order valence-corrected chi connectivity index (χ3v) is 6.32. The molecule has 1 aromatic carbocycles. The summed E-state index contributed by atoms with van der Waals surface area (Å²) < 4.78 is 33.3. The Balaban J connectivity index is 2.34. The third kappa shape index (κ3) is 3.76. The molecule has 0 spiro atoms. The number of thiophene rings is 1. The molecule has 21 heavy (non-hydrogen) atoms. The molecule has 0 bridgehead atoms. The van der Waals surface area contributed by atoms with Gasteiger partial charge in [-0.3, -0.25) is 4.72 Å². The van der Waals surface area contributed by atoms with E-state index in [1.165, 1.54) is 18.4 Å². The fraction of sp³-hybridized carbons (Fsp3) is 0.231. The van der Waals surface area contributed by atoms with Gasteiger partial charge in [-0.25, -0.2) is 8.42 Å². The van der Waals surface area contributed by atoms with Crippen LogP contribution in [-0.2, 0) is 16.6 Å². The predicted octanol–water partition coefficient (Wildman–Crippen LogP) is 3.04. The number of methoxy groups -OCH3 is 1. The molecule has 0 fully saturated rings. The van der Waals surface area contributed by atoms with Gasteiger partial charge >= 0.3 is 0 Å². The van der Waals surface area contributed by atoms with Crippen LogP contribution in [0.5, 0.6) is 5.75 Å². The molecule has 8 heteroatoms. The van der Waals surface area contributed by atoms with Gasteiger partial charge in [-0.1, -0.05) is 12.1 Å². The van der Waals surface area contributed by atoms with Crippen molar-refractivity contribution in [2.75, 3.05) is 18.9 Å². The van der Waals surface area contributed by atoms with Crippen LogP contribution in [0, 0.1) is 0 Å². The van der Waals surface area contributed by atoms with Crippen LogP contribution < -0.4 is 14.8 Å². The summed E-state index contributed by atoms with van der Waals surface area (Å²) in [4.78, 5) is 1.16. The summed E-state index contributed by atoms with van der Waals surface area (Å²) in [6.07, 6.45) is 0. The van der Waals surface area contributed by atoms with E-state index in [4.69, 9.17) is 4.74 Å². The van der Waals surface area contributed by atoms with Crippen LogP contribution in [0.15, 0.2) is 39.0 Å². The van der Waals surface area contributed by atoms with Crippen LogP contribution in [-0.4, -0.2) is 22.6 Å². The minimum absolute atomic E-state index is 0.226. The second kappa shape index (κ2) is 6.78. The first-order valence-electron chi connectivity index (χ1n) is 6.06. The maximum atomic E-state index is 12.5. The molecule has 0 radical (unpaired) electrons. The van der Waals surface area contributed by atoms with Crippen LogP contribution in [0.4, 0.5) is 5.69 Å². The first-order valence-corrected chi connectivity index (χ1v) is 9.16. The van der Waals surface area contributed by atoms with Crippen molar-refractivity contribution in [1.29, 1.82) is 0 Å². The lowest BCUT2D eigenvalue weighted by Gasteiger charge is -2.10. The summed E-state index contributed by atoms with van der Waals surface area (Å²) in [6, 6.07) is 8.54. The van der Waals surface area contributed by atoms with E-state index in [1.54, 1.807) is 30.3 Å². The lowest BCUT2D eigenvalue weighted by molar-refractivity contribution is 0.417. The number of nitrogens with one attached hydrogen (secondary N) is 2. The highest BCUT2D eigenvalue weighted by Gasteiger charge is 2.22. The number of halogens is 1. The molecular formula is C13H15BrN2O3S2. The maximum absolute atomic E-state index is 12.5. The Labute approximate surface area is 136 Å². The second-order valence-corrected chi connectivity index (χ2v) is 8.29. The zero-order valence-electron chi connectivity index (χ0n) is 11.5. The Bertz CT molecular complexity index is 729. The summed E-state index contributed by atoms with van der Waals surface area (Å²) in [5.41, 5.74) is 0.410. The van der Waals surface area contributed by atoms with Gasteiger partial charge in [0.2, 0.25) is 0 Å². The smallest absolute Gasteiger partial charge is 0.264 e. The SMILES string of the molecule is CNCc1cc(S(=O)(=O)Nc2ccccc2OC)c(Br)s1. The number of hydrogen-bond acceptors (Lipinski definition) is 5. The van der Waals surface area contributed by atoms with Crippen molar-refractivity contribution < 1.29 is 13.2 Å². The molecule has 114 valence electrons. The Morgan fingerprint density at radius 2 is 2.05 bits per heavy atom. The Morgan fingerprint density at radius 1 is 1.33 bits per heavy atom. The van der Waals surface area contributed by atoms with Crippen molar-refractivity contribution in [3.63, 3.8) is 0 Å². The number of anilines is 1. The topological polar surface area (TPSA) is 67.4 Å². The van der Waals surface area contributed by atoms with E-state index in [-0.39, 0.29) is 4.90 Å². The van der Waals surface area contributed by atoms with Gasteiger partial charge in [-0.05, 0) is 41.2 Å². The first kappa shape index (κ1) is 16.3. The van der Waals surface area contributed by atoms with Crippen molar-refractivity contribution in [3.8, 4) is 5.75 Å². The van der Waals surface area contributed by atoms with Gasteiger partial charge in [-0.15, -0.1) is 11.3 Å². The predicted molar refractivity (Wildman–Crippen MR) is 88.6 cm³/mol. The molecule has 0 aliphatic rings. The van der Waals surface area contributed by atoms with E-state index in [0.717, 1.165) is 4.88 Å². The normalized spacial score (nSPS) is 11.4. The van der Waals surface area contributed by atoms with Crippen LogP contribution >= 0.6 is 27.3 Å². The lowest BCUT2D eigenvalue weighted by Crippen LogP contribution is -2.13. The van der Waals surface area contributed by atoms with Gasteiger partial charge < -0.3 is 10.1 Å². The molecule has 0 atom stereocenters. The number of rotatable bonds is 6. The van der Waals surface area contributed by atoms with Gasteiger partial charge in [0.25, 0.3) is 10.0 Å². The van der Waals surface area contributed by atoms with E-state index in [0.29, 0.717) is 21.8 Å². The van der Waals surface area contributed by atoms with Gasteiger partial charge in [0.1, 0.15) is 10.6 Å². The van der Waals surface area contributed by atoms with Gasteiger partial charge in [-0.2, -0.15) is 0 Å². The minimum atomic E-state index is -3.67. The van der Waals surface area contributed by atoms with E-state index in [2.05, 4.69) is 26.0 Å². The molecule has 1 heterocycles. The van der Waals surface area contributed by atoms with E-state index < -0.39 is 10.0 Å². The molecular weight excluding hydrogens is 376 g/mol. The average molecular weight is 391 g/mol. The fourth-order valence-electron chi connectivity index (χ4n) is 1.77. The van der Waals surface area contributed by atoms with Crippen LogP contribution in [0.1, 0.15) is 4.88 Å². The van der Waals surface area contributed by atoms with E-state index >= 15 is 0 Å². The fourth-order valence-corrected chi connectivity index (χ4v) is 5.54. The number of sulfonamides is 1. The van der Waals surface area contributed by atoms with Crippen molar-refractivity contribution in [2.45, 2.75) is 11.4 Å². The quantitative estimate of drug-likeness (QED) is 0.795. The van der Waals surface area contributed by atoms with Gasteiger partial charge in [0, 0.05) is 11.4 Å². The molecule has 0 amide bonds. The van der Waals surface area contributed by atoms with Crippen molar-refractivity contribution >= 4 is 43.0 Å². The first-order chi connectivity index (χ1) is 9.97. The minimum Gasteiger partial charge on any atom is -0.495 e. The zero-order chi connectivity index (χ0) is 15.5. The molecule has 0 saturated carbocycles. The maximum Gasteiger partial charge on any atom is 0.264 e. The Kier molecular flexibility index (Phi) is 5.26. The summed E-state index contributed by atoms with van der Waals surface area (Å²) in [5.74, 6) is 0.475. The molecule has 0 aliphatic heterocycles. The van der Waals surface area contributed by atoms with Crippen LogP contribution in [0.25, 0.3) is 0 Å². The summed E-state index contributed by atoms with van der Waals surface area (Å²) >= 11 is 4.70. The molecule has 1 aromatic heterocycles. The molecule has 0 unspecified atom stereocenters. The Hall–Kier alpha value is -1.09. The van der Waals surface area contributed by atoms with Crippen molar-refractivity contribution in [2.24, 2.45) is 0 Å². The van der Waals surface area contributed by atoms with Crippen molar-refractivity contribution in [1.82, 2.24) is 5.32 Å². The highest BCUT2D eigenvalue weighted by atomic mass is 79.9. The molecule has 2 N–H and O–H groups in total. The van der Waals surface area contributed by atoms with Gasteiger partial charge in [0.05, 0.1) is 16.6 Å². The summed E-state index contributed by atoms with van der Waals surface area (Å²) in [6.45, 7) is 0.618. The summed E-state index contributed by atoms with van der Waals surface area (Å²) in [7, 11) is -0.355. The highest BCUT2D eigenvalue weighted by Crippen LogP contribution is 2.34. The van der Waals surface area contributed by atoms with E-state index in [1.807, 2.05) is 7.05 Å². The second-order valence-electron chi connectivity index (χ2n) is 4.19. The average Bonchev–Trinajstić information content (AvgIpc) is 2.81. The van der Waals surface area contributed by atoms with Crippen molar-refractivity contribution in [3.05, 3.63) is 39.0 Å². The van der Waals surface area contributed by atoms with Gasteiger partial charge in [0.15, 0.2) is 0 Å². The lowest BCUT2D eigenvalue weighted by atomic mass is 10.3. The molecule has 0 aliphatic carbocycles. The largest absolute Gasteiger partial charge is 0.495 e. The monoisotopic (exact) mass is 390 g/mol. The zero-order valence-corrected chi connectivity index (χ0v) is 14.7. The Morgan fingerprint density at radius 3 is 2.71 bits per heavy atom. The van der Waals surface area contributed by atoms with Crippen LogP contribution in [0.3, 0.4) is 0 Å². The molecule has 5 nitrogen and oxygen atoms in total. The number of hydrogen-bond donors (Lipinski definition) is 2. The van der Waals surface area contributed by atoms with Crippen LogP contribution in [0.2, 0.25) is 0 Å². The molecule has 0 saturated heterocycles. The molecule has 2 rings (SSSR count). The summed E-state index contributed by atoms with van der Waals surface area (Å²) in [5, 5.41) is 3.00.